The SMILES string of the molecule is CCNC1(C(=O)O)CCC(n2c(C)nc3c2CCCC3)C1. The van der Waals surface area contributed by atoms with E-state index in [1.165, 1.54) is 24.2 Å². The van der Waals surface area contributed by atoms with Gasteiger partial charge in [-0.05, 0) is 58.4 Å². The van der Waals surface area contributed by atoms with Crippen molar-refractivity contribution < 1.29 is 9.90 Å². The second kappa shape index (κ2) is 5.44. The van der Waals surface area contributed by atoms with Gasteiger partial charge in [-0.2, -0.15) is 0 Å². The lowest BCUT2D eigenvalue weighted by molar-refractivity contribution is -0.144. The first-order valence-corrected chi connectivity index (χ1v) is 8.12. The fraction of sp³-hybridized carbons (Fsp3) is 0.750. The number of nitrogens with zero attached hydrogens (tertiary/aromatic N) is 2. The second-order valence-electron chi connectivity index (χ2n) is 6.44. The molecule has 0 saturated heterocycles. The van der Waals surface area contributed by atoms with Crippen molar-refractivity contribution in [2.24, 2.45) is 0 Å². The van der Waals surface area contributed by atoms with Gasteiger partial charge in [0.05, 0.1) is 5.69 Å². The average Bonchev–Trinajstić information content (AvgIpc) is 3.00. The number of fused-ring (bicyclic) bond motifs is 1. The summed E-state index contributed by atoms with van der Waals surface area (Å²) in [6.07, 6.45) is 6.91. The zero-order valence-corrected chi connectivity index (χ0v) is 13.0. The number of aryl methyl sites for hydroxylation is 2. The van der Waals surface area contributed by atoms with Gasteiger partial charge in [0.25, 0.3) is 0 Å². The molecule has 0 radical (unpaired) electrons. The number of aliphatic carboxylic acids is 1. The molecule has 2 unspecified atom stereocenters. The highest BCUT2D eigenvalue weighted by atomic mass is 16.4. The zero-order valence-electron chi connectivity index (χ0n) is 13.0. The molecule has 5 heteroatoms. The van der Waals surface area contributed by atoms with Crippen LogP contribution in [0.2, 0.25) is 0 Å². The van der Waals surface area contributed by atoms with Crippen molar-refractivity contribution in [2.75, 3.05) is 6.54 Å². The largest absolute Gasteiger partial charge is 0.480 e. The van der Waals surface area contributed by atoms with Gasteiger partial charge in [0.1, 0.15) is 11.4 Å². The van der Waals surface area contributed by atoms with E-state index in [-0.39, 0.29) is 6.04 Å². The number of imidazole rings is 1. The van der Waals surface area contributed by atoms with Gasteiger partial charge in [-0.15, -0.1) is 0 Å². The second-order valence-corrected chi connectivity index (χ2v) is 6.44. The summed E-state index contributed by atoms with van der Waals surface area (Å²) in [5, 5.41) is 12.8. The molecular weight excluding hydrogens is 266 g/mol. The molecule has 1 aromatic heterocycles. The highest BCUT2D eigenvalue weighted by molar-refractivity contribution is 5.79. The minimum absolute atomic E-state index is 0.273. The third-order valence-corrected chi connectivity index (χ3v) is 5.12. The third-order valence-electron chi connectivity index (χ3n) is 5.12. The van der Waals surface area contributed by atoms with Crippen LogP contribution in [0.4, 0.5) is 0 Å². The van der Waals surface area contributed by atoms with Crippen molar-refractivity contribution in [3.63, 3.8) is 0 Å². The maximum absolute atomic E-state index is 11.7. The number of hydrogen-bond acceptors (Lipinski definition) is 3. The molecule has 0 bridgehead atoms. The number of hydrogen-bond donors (Lipinski definition) is 2. The Morgan fingerprint density at radius 3 is 2.95 bits per heavy atom. The number of carbonyl (C=O) groups is 1. The Bertz CT molecular complexity index is 552. The number of nitrogens with one attached hydrogen (secondary N) is 1. The quantitative estimate of drug-likeness (QED) is 0.892. The van der Waals surface area contributed by atoms with E-state index in [2.05, 4.69) is 16.8 Å². The molecule has 1 aromatic rings. The van der Waals surface area contributed by atoms with Crippen LogP contribution >= 0.6 is 0 Å². The highest BCUT2D eigenvalue weighted by Crippen LogP contribution is 2.40. The first-order chi connectivity index (χ1) is 10.1. The van der Waals surface area contributed by atoms with Crippen LogP contribution in [-0.2, 0) is 17.6 Å². The van der Waals surface area contributed by atoms with E-state index in [0.717, 1.165) is 25.1 Å². The molecule has 116 valence electrons. The van der Waals surface area contributed by atoms with E-state index in [1.807, 2.05) is 6.92 Å². The molecule has 1 fully saturated rings. The van der Waals surface area contributed by atoms with Crippen molar-refractivity contribution in [3.8, 4) is 0 Å². The van der Waals surface area contributed by atoms with Crippen LogP contribution in [0.5, 0.6) is 0 Å². The summed E-state index contributed by atoms with van der Waals surface area (Å²) in [6, 6.07) is 0.273. The number of rotatable bonds is 4. The minimum Gasteiger partial charge on any atom is -0.480 e. The smallest absolute Gasteiger partial charge is 0.323 e. The Morgan fingerprint density at radius 2 is 2.24 bits per heavy atom. The molecule has 0 spiro atoms. The van der Waals surface area contributed by atoms with Gasteiger partial charge in [0.15, 0.2) is 0 Å². The Hall–Kier alpha value is -1.36. The van der Waals surface area contributed by atoms with Gasteiger partial charge in [0.2, 0.25) is 0 Å². The van der Waals surface area contributed by atoms with Crippen LogP contribution in [0, 0.1) is 6.92 Å². The predicted octanol–water partition coefficient (Wildman–Crippen LogP) is 2.23. The van der Waals surface area contributed by atoms with Crippen LogP contribution in [-0.4, -0.2) is 32.7 Å². The predicted molar refractivity (Wildman–Crippen MR) is 80.5 cm³/mol. The molecule has 21 heavy (non-hydrogen) atoms. The lowest BCUT2D eigenvalue weighted by atomic mass is 9.97. The first kappa shape index (κ1) is 14.6. The van der Waals surface area contributed by atoms with Crippen molar-refractivity contribution in [1.29, 1.82) is 0 Å². The Balaban J connectivity index is 1.89. The number of carboxylic acid groups (broad SMARTS) is 1. The maximum atomic E-state index is 11.7. The van der Waals surface area contributed by atoms with E-state index in [9.17, 15) is 9.90 Å². The molecule has 2 atom stereocenters. The molecule has 2 aliphatic rings. The standard InChI is InChI=1S/C16H25N3O2/c1-3-17-16(15(20)21)9-8-12(10-16)19-11(2)18-13-6-4-5-7-14(13)19/h12,17H,3-10H2,1-2H3,(H,20,21). The zero-order chi connectivity index (χ0) is 15.0. The van der Waals surface area contributed by atoms with Crippen LogP contribution in [0.25, 0.3) is 0 Å². The molecule has 3 rings (SSSR count). The van der Waals surface area contributed by atoms with E-state index in [4.69, 9.17) is 4.98 Å². The molecule has 0 aliphatic heterocycles. The molecule has 1 heterocycles. The van der Waals surface area contributed by atoms with Gasteiger partial charge in [-0.25, -0.2) is 4.98 Å². The highest BCUT2D eigenvalue weighted by Gasteiger charge is 2.46. The lowest BCUT2D eigenvalue weighted by Gasteiger charge is -2.26. The Kier molecular flexibility index (Phi) is 3.78. The topological polar surface area (TPSA) is 67.2 Å². The monoisotopic (exact) mass is 291 g/mol. The van der Waals surface area contributed by atoms with Crippen LogP contribution in [0.15, 0.2) is 0 Å². The van der Waals surface area contributed by atoms with E-state index < -0.39 is 11.5 Å². The third kappa shape index (κ3) is 2.37. The van der Waals surface area contributed by atoms with Crippen LogP contribution in [0.3, 0.4) is 0 Å². The van der Waals surface area contributed by atoms with E-state index in [0.29, 0.717) is 19.4 Å². The van der Waals surface area contributed by atoms with Gasteiger partial charge in [0, 0.05) is 11.7 Å². The minimum atomic E-state index is -0.752. The summed E-state index contributed by atoms with van der Waals surface area (Å²) in [4.78, 5) is 16.4. The lowest BCUT2D eigenvalue weighted by Crippen LogP contribution is -2.50. The van der Waals surface area contributed by atoms with Crippen LogP contribution < -0.4 is 5.32 Å². The number of aromatic nitrogens is 2. The summed E-state index contributed by atoms with van der Waals surface area (Å²) < 4.78 is 2.34. The molecule has 0 amide bonds. The van der Waals surface area contributed by atoms with Crippen molar-refractivity contribution >= 4 is 5.97 Å². The normalized spacial score (nSPS) is 28.6. The van der Waals surface area contributed by atoms with Gasteiger partial charge < -0.3 is 15.0 Å². The fourth-order valence-electron chi connectivity index (χ4n) is 4.19. The maximum Gasteiger partial charge on any atom is 0.323 e. The summed E-state index contributed by atoms with van der Waals surface area (Å²) in [7, 11) is 0. The summed E-state index contributed by atoms with van der Waals surface area (Å²) >= 11 is 0. The molecule has 5 nitrogen and oxygen atoms in total. The molecule has 0 aromatic carbocycles. The molecule has 2 N–H and O–H groups in total. The van der Waals surface area contributed by atoms with Gasteiger partial charge in [-0.1, -0.05) is 6.92 Å². The summed E-state index contributed by atoms with van der Waals surface area (Å²) in [5.41, 5.74) is 1.86. The number of likely N-dealkylation sites (N-methyl/N-ethyl adjacent to an activating group) is 1. The van der Waals surface area contributed by atoms with E-state index >= 15 is 0 Å². The van der Waals surface area contributed by atoms with Crippen molar-refractivity contribution in [3.05, 3.63) is 17.2 Å². The molecule has 1 saturated carbocycles. The molecule has 2 aliphatic carbocycles. The van der Waals surface area contributed by atoms with Crippen molar-refractivity contribution in [1.82, 2.24) is 14.9 Å². The van der Waals surface area contributed by atoms with E-state index in [1.54, 1.807) is 0 Å². The first-order valence-electron chi connectivity index (χ1n) is 8.12. The summed E-state index contributed by atoms with van der Waals surface area (Å²) in [5.74, 6) is 0.350. The van der Waals surface area contributed by atoms with Crippen molar-refractivity contribution in [2.45, 2.75) is 70.4 Å². The average molecular weight is 291 g/mol. The Morgan fingerprint density at radius 1 is 1.48 bits per heavy atom. The number of carboxylic acids is 1. The Labute approximate surface area is 125 Å². The fourth-order valence-corrected chi connectivity index (χ4v) is 4.19. The van der Waals surface area contributed by atoms with Gasteiger partial charge >= 0.3 is 5.97 Å². The molecular formula is C16H25N3O2. The van der Waals surface area contributed by atoms with Gasteiger partial charge in [-0.3, -0.25) is 4.79 Å². The van der Waals surface area contributed by atoms with Crippen LogP contribution in [0.1, 0.15) is 62.3 Å². The summed E-state index contributed by atoms with van der Waals surface area (Å²) in [6.45, 7) is 4.73.